The first-order valence-corrected chi connectivity index (χ1v) is 13.6. The summed E-state index contributed by atoms with van der Waals surface area (Å²) < 4.78 is 11.8. The Morgan fingerprint density at radius 2 is 1.30 bits per heavy atom. The zero-order valence-electron chi connectivity index (χ0n) is 18.8. The van der Waals surface area contributed by atoms with Gasteiger partial charge in [-0.05, 0) is 76.6 Å². The van der Waals surface area contributed by atoms with E-state index in [1.807, 2.05) is 47.8 Å². The van der Waals surface area contributed by atoms with Crippen molar-refractivity contribution >= 4 is 45.0 Å². The van der Waals surface area contributed by atoms with Crippen LogP contribution in [0.1, 0.15) is 23.1 Å². The number of thioether (sulfide) groups is 2. The highest BCUT2D eigenvalue weighted by Gasteiger charge is 2.32. The highest BCUT2D eigenvalue weighted by molar-refractivity contribution is 9.10. The number of hydrogen-bond donors (Lipinski definition) is 0. The smallest absolute Gasteiger partial charge is 0.118 e. The first kappa shape index (κ1) is 24.1. The van der Waals surface area contributed by atoms with E-state index in [9.17, 15) is 0 Å². The number of rotatable bonds is 7. The van der Waals surface area contributed by atoms with Gasteiger partial charge >= 0.3 is 0 Å². The van der Waals surface area contributed by atoms with Crippen molar-refractivity contribution in [2.45, 2.75) is 10.5 Å². The van der Waals surface area contributed by atoms with Gasteiger partial charge in [-0.3, -0.25) is 0 Å². The van der Waals surface area contributed by atoms with Gasteiger partial charge < -0.3 is 9.47 Å². The Morgan fingerprint density at radius 1 is 0.788 bits per heavy atom. The lowest BCUT2D eigenvalue weighted by Crippen LogP contribution is -2.20. The van der Waals surface area contributed by atoms with Crippen LogP contribution >= 0.6 is 39.5 Å². The largest absolute Gasteiger partial charge is 0.497 e. The van der Waals surface area contributed by atoms with Gasteiger partial charge in [-0.25, -0.2) is 0 Å². The first-order chi connectivity index (χ1) is 16.1. The molecule has 1 aliphatic heterocycles. The normalized spacial score (nSPS) is 15.2. The van der Waals surface area contributed by atoms with Gasteiger partial charge in [0.2, 0.25) is 0 Å². The maximum Gasteiger partial charge on any atom is 0.118 e. The van der Waals surface area contributed by atoms with E-state index >= 15 is 0 Å². The lowest BCUT2D eigenvalue weighted by molar-refractivity contribution is 0.414. The van der Waals surface area contributed by atoms with Crippen LogP contribution in [0.5, 0.6) is 11.5 Å². The van der Waals surface area contributed by atoms with Crippen molar-refractivity contribution < 1.29 is 9.47 Å². The highest BCUT2D eigenvalue weighted by atomic mass is 79.9. The van der Waals surface area contributed by atoms with Gasteiger partial charge in [-0.1, -0.05) is 70.6 Å². The summed E-state index contributed by atoms with van der Waals surface area (Å²) in [4.78, 5) is 0. The Hall–Kier alpha value is -2.08. The van der Waals surface area contributed by atoms with Crippen molar-refractivity contribution in [1.82, 2.24) is 0 Å². The van der Waals surface area contributed by atoms with Crippen LogP contribution in [0.4, 0.5) is 0 Å². The monoisotopic (exact) mass is 538 g/mol. The molecule has 0 radical (unpaired) electrons. The summed E-state index contributed by atoms with van der Waals surface area (Å²) in [6.45, 7) is 0. The highest BCUT2D eigenvalue weighted by Crippen LogP contribution is 2.51. The van der Waals surface area contributed by atoms with Gasteiger partial charge in [0.25, 0.3) is 0 Å². The Morgan fingerprint density at radius 3 is 1.79 bits per heavy atom. The lowest BCUT2D eigenvalue weighted by Gasteiger charge is -2.34. The Bertz CT molecular complexity index is 1050. The zero-order chi connectivity index (χ0) is 23.1. The minimum Gasteiger partial charge on any atom is -0.497 e. The van der Waals surface area contributed by atoms with Gasteiger partial charge in [0.15, 0.2) is 0 Å². The molecule has 0 aromatic heterocycles. The number of benzene rings is 3. The number of allylic oxidation sites excluding steroid dienone is 2. The van der Waals surface area contributed by atoms with Crippen LogP contribution in [-0.2, 0) is 4.08 Å². The third-order valence-corrected chi connectivity index (χ3v) is 9.37. The Balaban J connectivity index is 1.72. The lowest BCUT2D eigenvalue weighted by atomic mass is 9.97. The molecular formula is C28H27BrO2S2. The molecule has 3 aromatic carbocycles. The fourth-order valence-electron chi connectivity index (χ4n) is 3.76. The van der Waals surface area contributed by atoms with Crippen LogP contribution in [0.3, 0.4) is 0 Å². The molecule has 5 heteroatoms. The van der Waals surface area contributed by atoms with E-state index < -0.39 is 0 Å². The Labute approximate surface area is 213 Å². The summed E-state index contributed by atoms with van der Waals surface area (Å²) in [6.07, 6.45) is 8.05. The molecular weight excluding hydrogens is 512 g/mol. The topological polar surface area (TPSA) is 18.5 Å². The molecule has 1 fully saturated rings. The molecule has 0 bridgehead atoms. The minimum absolute atomic E-state index is 0.0691. The Kier molecular flexibility index (Phi) is 8.29. The van der Waals surface area contributed by atoms with Crippen molar-refractivity contribution in [2.24, 2.45) is 0 Å². The number of ether oxygens (including phenoxy) is 2. The average molecular weight is 540 g/mol. The molecule has 1 aliphatic rings. The predicted molar refractivity (Wildman–Crippen MR) is 148 cm³/mol. The maximum atomic E-state index is 5.36. The summed E-state index contributed by atoms with van der Waals surface area (Å²) >= 11 is 7.61. The second kappa shape index (κ2) is 11.4. The fourth-order valence-corrected chi connectivity index (χ4v) is 7.18. The number of methoxy groups -OCH3 is 2. The van der Waals surface area contributed by atoms with E-state index in [1.54, 1.807) is 14.2 Å². The SMILES string of the molecule is COc1ccc(C(=CC=CC2(c3ccc(Br)cc3)SCCCS2)c2ccc(OC)cc2)cc1. The molecule has 0 spiro atoms. The standard InChI is InChI=1S/C28H27BrO2S2/c1-30-25-14-6-21(7-15-25)27(22-8-16-26(31-2)17-9-22)5-3-18-28(32-19-4-20-33-28)23-10-12-24(29)13-11-23/h3,5-18H,4,19-20H2,1-2H3. The van der Waals surface area contributed by atoms with Gasteiger partial charge in [0, 0.05) is 4.47 Å². The fraction of sp³-hybridized carbons (Fsp3) is 0.214. The third-order valence-electron chi connectivity index (χ3n) is 5.55. The van der Waals surface area contributed by atoms with Crippen molar-refractivity contribution in [3.63, 3.8) is 0 Å². The molecule has 0 saturated carbocycles. The molecule has 0 unspecified atom stereocenters. The molecule has 0 aliphatic carbocycles. The summed E-state index contributed by atoms with van der Waals surface area (Å²) in [5, 5.41) is 0. The third kappa shape index (κ3) is 5.89. The number of halogens is 1. The molecule has 4 rings (SSSR count). The molecule has 0 atom stereocenters. The second-order valence-electron chi connectivity index (χ2n) is 7.62. The summed E-state index contributed by atoms with van der Waals surface area (Å²) in [5.74, 6) is 4.04. The van der Waals surface area contributed by atoms with Crippen LogP contribution in [0, 0.1) is 0 Å². The molecule has 1 heterocycles. The van der Waals surface area contributed by atoms with Crippen LogP contribution < -0.4 is 9.47 Å². The van der Waals surface area contributed by atoms with Crippen molar-refractivity contribution in [1.29, 1.82) is 0 Å². The van der Waals surface area contributed by atoms with Crippen LogP contribution in [-0.4, -0.2) is 25.7 Å². The van der Waals surface area contributed by atoms with Crippen LogP contribution in [0.15, 0.2) is 95.5 Å². The molecule has 170 valence electrons. The van der Waals surface area contributed by atoms with Gasteiger partial charge in [-0.15, -0.1) is 23.5 Å². The number of hydrogen-bond acceptors (Lipinski definition) is 4. The van der Waals surface area contributed by atoms with E-state index in [0.29, 0.717) is 0 Å². The molecule has 2 nitrogen and oxygen atoms in total. The summed E-state index contributed by atoms with van der Waals surface area (Å²) in [7, 11) is 3.39. The molecule has 0 N–H and O–H groups in total. The first-order valence-electron chi connectivity index (χ1n) is 10.9. The molecule has 3 aromatic rings. The van der Waals surface area contributed by atoms with Crippen molar-refractivity contribution in [3.8, 4) is 11.5 Å². The predicted octanol–water partition coefficient (Wildman–Crippen LogP) is 8.18. The van der Waals surface area contributed by atoms with E-state index in [-0.39, 0.29) is 4.08 Å². The summed E-state index contributed by atoms with van der Waals surface area (Å²) in [6, 6.07) is 25.2. The molecule has 0 amide bonds. The van der Waals surface area contributed by atoms with Crippen molar-refractivity contribution in [3.05, 3.63) is 112 Å². The van der Waals surface area contributed by atoms with E-state index in [2.05, 4.69) is 82.7 Å². The second-order valence-corrected chi connectivity index (χ2v) is 11.5. The van der Waals surface area contributed by atoms with E-state index in [1.165, 1.54) is 23.5 Å². The molecule has 33 heavy (non-hydrogen) atoms. The summed E-state index contributed by atoms with van der Waals surface area (Å²) in [5.41, 5.74) is 4.79. The van der Waals surface area contributed by atoms with Gasteiger partial charge in [0.05, 0.1) is 14.2 Å². The molecule has 1 saturated heterocycles. The minimum atomic E-state index is -0.0691. The maximum absolute atomic E-state index is 5.36. The van der Waals surface area contributed by atoms with Gasteiger partial charge in [-0.2, -0.15) is 0 Å². The van der Waals surface area contributed by atoms with E-state index in [4.69, 9.17) is 9.47 Å². The van der Waals surface area contributed by atoms with E-state index in [0.717, 1.165) is 32.7 Å². The average Bonchev–Trinajstić information content (AvgIpc) is 2.88. The van der Waals surface area contributed by atoms with Crippen LogP contribution in [0.2, 0.25) is 0 Å². The zero-order valence-corrected chi connectivity index (χ0v) is 22.0. The quantitative estimate of drug-likeness (QED) is 0.282. The van der Waals surface area contributed by atoms with Crippen LogP contribution in [0.25, 0.3) is 5.57 Å². The van der Waals surface area contributed by atoms with Gasteiger partial charge in [0.1, 0.15) is 15.6 Å². The van der Waals surface area contributed by atoms with Crippen molar-refractivity contribution in [2.75, 3.05) is 25.7 Å².